The van der Waals surface area contributed by atoms with E-state index in [1.165, 1.54) is 25.8 Å². The van der Waals surface area contributed by atoms with E-state index in [1.54, 1.807) is 12.2 Å². The number of nitrogens with one attached hydrogen (secondary N) is 1. The minimum atomic E-state index is -1.37. The van der Waals surface area contributed by atoms with E-state index < -0.39 is 23.0 Å². The maximum atomic E-state index is 12.7. The van der Waals surface area contributed by atoms with Crippen LogP contribution in [0.3, 0.4) is 0 Å². The second-order valence-corrected chi connectivity index (χ2v) is 8.10. The van der Waals surface area contributed by atoms with Crippen LogP contribution >= 0.6 is 11.8 Å². The highest BCUT2D eigenvalue weighted by molar-refractivity contribution is 8.01. The van der Waals surface area contributed by atoms with Crippen molar-refractivity contribution in [2.24, 2.45) is 0 Å². The second-order valence-electron chi connectivity index (χ2n) is 6.82. The molecule has 1 heterocycles. The van der Waals surface area contributed by atoms with Crippen LogP contribution in [0.5, 0.6) is 0 Å². The monoisotopic (exact) mass is 427 g/mol. The molecule has 7 heteroatoms. The lowest BCUT2D eigenvalue weighted by molar-refractivity contribution is -0.163. The Labute approximate surface area is 180 Å². The van der Waals surface area contributed by atoms with Crippen LogP contribution in [0.15, 0.2) is 77.7 Å². The normalized spacial score (nSPS) is 23.0. The Hall–Kier alpha value is -2.61. The molecule has 0 spiro atoms. The van der Waals surface area contributed by atoms with Crippen molar-refractivity contribution in [3.8, 4) is 0 Å². The molecule has 0 saturated heterocycles. The minimum absolute atomic E-state index is 0.192. The van der Waals surface area contributed by atoms with Crippen molar-refractivity contribution < 1.29 is 23.8 Å². The fraction of sp³-hybridized carbons (Fsp3) is 0.304. The molecule has 158 valence electrons. The van der Waals surface area contributed by atoms with Crippen LogP contribution in [0.2, 0.25) is 0 Å². The Morgan fingerprint density at radius 1 is 1.10 bits per heavy atom. The van der Waals surface area contributed by atoms with Gasteiger partial charge in [0.25, 0.3) is 0 Å². The maximum Gasteiger partial charge on any atom is 0.353 e. The number of amides is 1. The number of methoxy groups -OCH3 is 1. The van der Waals surface area contributed by atoms with Gasteiger partial charge in [-0.3, -0.25) is 4.79 Å². The molecule has 30 heavy (non-hydrogen) atoms. The number of carbonyl (C=O) groups is 2. The van der Waals surface area contributed by atoms with Crippen molar-refractivity contribution in [1.82, 2.24) is 5.32 Å². The minimum Gasteiger partial charge on any atom is -0.466 e. The summed E-state index contributed by atoms with van der Waals surface area (Å²) < 4.78 is 17.1. The summed E-state index contributed by atoms with van der Waals surface area (Å²) in [5, 5.41) is 2.85. The van der Waals surface area contributed by atoms with E-state index in [4.69, 9.17) is 14.2 Å². The van der Waals surface area contributed by atoms with Crippen LogP contribution in [-0.2, 0) is 30.4 Å². The van der Waals surface area contributed by atoms with Gasteiger partial charge in [-0.1, -0.05) is 66.4 Å². The number of carbonyl (C=O) groups excluding carboxylic acids is 2. The zero-order valence-electron chi connectivity index (χ0n) is 16.9. The standard InChI is InChI=1S/C23H25NO5S/c1-17(25)24-20-13-14-23(22(26)27-2,30-19-11-7-4-8-12-19)29-21(20)16-28-15-18-9-5-3-6-10-18/h3-14,20-21H,15-16H2,1-2H3,(H,24,25)/t20-,21+,23+/m0/s1. The van der Waals surface area contributed by atoms with E-state index in [0.29, 0.717) is 6.61 Å². The van der Waals surface area contributed by atoms with Gasteiger partial charge in [0.15, 0.2) is 0 Å². The predicted molar refractivity (Wildman–Crippen MR) is 115 cm³/mol. The van der Waals surface area contributed by atoms with Crippen LogP contribution in [0.25, 0.3) is 0 Å². The predicted octanol–water partition coefficient (Wildman–Crippen LogP) is 3.32. The largest absolute Gasteiger partial charge is 0.466 e. The zero-order chi connectivity index (χ0) is 21.4. The van der Waals surface area contributed by atoms with Gasteiger partial charge in [0.2, 0.25) is 10.8 Å². The summed E-state index contributed by atoms with van der Waals surface area (Å²) in [7, 11) is 1.33. The highest BCUT2D eigenvalue weighted by Gasteiger charge is 2.46. The van der Waals surface area contributed by atoms with Crippen molar-refractivity contribution >= 4 is 23.6 Å². The van der Waals surface area contributed by atoms with E-state index in [-0.39, 0.29) is 12.5 Å². The lowest BCUT2D eigenvalue weighted by atomic mass is 10.1. The lowest BCUT2D eigenvalue weighted by Gasteiger charge is -2.38. The van der Waals surface area contributed by atoms with E-state index in [1.807, 2.05) is 60.7 Å². The summed E-state index contributed by atoms with van der Waals surface area (Å²) in [6.07, 6.45) is 2.84. The van der Waals surface area contributed by atoms with Gasteiger partial charge < -0.3 is 19.5 Å². The molecule has 6 nitrogen and oxygen atoms in total. The first-order valence-electron chi connectivity index (χ1n) is 9.61. The molecule has 0 fully saturated rings. The first-order valence-corrected chi connectivity index (χ1v) is 10.4. The number of esters is 1. The Morgan fingerprint density at radius 2 is 1.77 bits per heavy atom. The van der Waals surface area contributed by atoms with Gasteiger partial charge in [-0.25, -0.2) is 4.79 Å². The Morgan fingerprint density at radius 3 is 2.40 bits per heavy atom. The third kappa shape index (κ3) is 5.72. The lowest BCUT2D eigenvalue weighted by Crippen LogP contribution is -2.54. The first kappa shape index (κ1) is 22.1. The summed E-state index contributed by atoms with van der Waals surface area (Å²) >= 11 is 1.25. The molecule has 3 atom stereocenters. The molecule has 2 aromatic carbocycles. The van der Waals surface area contributed by atoms with Gasteiger partial charge in [-0.2, -0.15) is 0 Å². The van der Waals surface area contributed by atoms with E-state index in [2.05, 4.69) is 5.32 Å². The van der Waals surface area contributed by atoms with Gasteiger partial charge in [0, 0.05) is 11.8 Å². The molecule has 0 radical (unpaired) electrons. The third-order valence-corrected chi connectivity index (χ3v) is 5.71. The highest BCUT2D eigenvalue weighted by Crippen LogP contribution is 2.40. The topological polar surface area (TPSA) is 73.9 Å². The fourth-order valence-corrected chi connectivity index (χ4v) is 4.22. The molecule has 0 saturated carbocycles. The van der Waals surface area contributed by atoms with Crippen LogP contribution in [0, 0.1) is 0 Å². The molecule has 1 aliphatic rings. The average Bonchev–Trinajstić information content (AvgIpc) is 2.76. The summed E-state index contributed by atoms with van der Waals surface area (Å²) in [4.78, 5) is 23.9. The van der Waals surface area contributed by atoms with Crippen molar-refractivity contribution in [3.05, 3.63) is 78.4 Å². The molecule has 0 bridgehead atoms. The molecule has 3 rings (SSSR count). The van der Waals surface area contributed by atoms with Gasteiger partial charge in [-0.05, 0) is 23.8 Å². The van der Waals surface area contributed by atoms with Crippen molar-refractivity contribution in [2.75, 3.05) is 13.7 Å². The molecule has 0 aromatic heterocycles. The van der Waals surface area contributed by atoms with Crippen molar-refractivity contribution in [1.29, 1.82) is 0 Å². The second kappa shape index (κ2) is 10.4. The van der Waals surface area contributed by atoms with Gasteiger partial charge >= 0.3 is 5.97 Å². The van der Waals surface area contributed by atoms with Crippen LogP contribution < -0.4 is 5.32 Å². The van der Waals surface area contributed by atoms with Crippen LogP contribution in [0.1, 0.15) is 12.5 Å². The van der Waals surface area contributed by atoms with Crippen molar-refractivity contribution in [2.45, 2.75) is 35.5 Å². The van der Waals surface area contributed by atoms with E-state index in [9.17, 15) is 9.59 Å². The number of benzene rings is 2. The van der Waals surface area contributed by atoms with Gasteiger partial charge in [0.1, 0.15) is 6.10 Å². The summed E-state index contributed by atoms with van der Waals surface area (Å²) in [5.41, 5.74) is 1.03. The highest BCUT2D eigenvalue weighted by atomic mass is 32.2. The van der Waals surface area contributed by atoms with Gasteiger partial charge in [0.05, 0.1) is 26.4 Å². The molecule has 1 aliphatic heterocycles. The summed E-state index contributed by atoms with van der Waals surface area (Å²) in [6, 6.07) is 18.8. The quantitative estimate of drug-likeness (QED) is 0.515. The number of thioether (sulfide) groups is 1. The first-order chi connectivity index (χ1) is 14.5. The Bertz CT molecular complexity index is 874. The maximum absolute atomic E-state index is 12.7. The number of rotatable bonds is 8. The van der Waals surface area contributed by atoms with E-state index in [0.717, 1.165) is 10.5 Å². The number of hydrogen-bond acceptors (Lipinski definition) is 6. The number of ether oxygens (including phenoxy) is 3. The van der Waals surface area contributed by atoms with Crippen LogP contribution in [-0.4, -0.2) is 42.7 Å². The average molecular weight is 428 g/mol. The molecule has 2 aromatic rings. The van der Waals surface area contributed by atoms with Gasteiger partial charge in [-0.15, -0.1) is 0 Å². The summed E-state index contributed by atoms with van der Waals surface area (Å²) in [6.45, 7) is 2.03. The van der Waals surface area contributed by atoms with Crippen molar-refractivity contribution in [3.63, 3.8) is 0 Å². The molecule has 0 unspecified atom stereocenters. The Kier molecular flexibility index (Phi) is 7.68. The molecule has 1 N–H and O–H groups in total. The van der Waals surface area contributed by atoms with E-state index >= 15 is 0 Å². The smallest absolute Gasteiger partial charge is 0.353 e. The molecular weight excluding hydrogens is 402 g/mol. The molecular formula is C23H25NO5S. The fourth-order valence-electron chi connectivity index (χ4n) is 3.09. The summed E-state index contributed by atoms with van der Waals surface area (Å²) in [5.74, 6) is -0.718. The number of hydrogen-bond donors (Lipinski definition) is 1. The van der Waals surface area contributed by atoms with Crippen LogP contribution in [0.4, 0.5) is 0 Å². The Balaban J connectivity index is 1.79. The molecule has 1 amide bonds. The SMILES string of the molecule is COC(=O)[C@]1(Sc2ccccc2)C=C[C@H](NC(C)=O)[C@@H](COCc2ccccc2)O1. The molecule has 0 aliphatic carbocycles. The zero-order valence-corrected chi connectivity index (χ0v) is 17.8. The third-order valence-electron chi connectivity index (χ3n) is 4.50.